The fraction of sp³-hybridized carbons (Fsp3) is 0.516. The summed E-state index contributed by atoms with van der Waals surface area (Å²) in [4.78, 5) is 40.7. The molecule has 14 heteroatoms. The first-order chi connectivity index (χ1) is 21.3. The third-order valence-electron chi connectivity index (χ3n) is 7.64. The summed E-state index contributed by atoms with van der Waals surface area (Å²) >= 11 is 1.48. The van der Waals surface area contributed by atoms with Gasteiger partial charge >= 0.3 is 12.1 Å². The van der Waals surface area contributed by atoms with Crippen LogP contribution in [-0.2, 0) is 27.7 Å². The molecule has 1 aromatic carbocycles. The maximum Gasteiger partial charge on any atom is 0.407 e. The number of ether oxygens (including phenoxy) is 1. The second kappa shape index (κ2) is 13.4. The summed E-state index contributed by atoms with van der Waals surface area (Å²) in [6.45, 7) is 9.86. The largest absolute Gasteiger partial charge is 0.447 e. The van der Waals surface area contributed by atoms with Crippen LogP contribution < -0.4 is 15.4 Å². The highest BCUT2D eigenvalue weighted by Crippen LogP contribution is 2.40. The van der Waals surface area contributed by atoms with Gasteiger partial charge in [-0.3, -0.25) is 0 Å². The standard InChI is InChI=1S/C31H41N7O5S2/c1-19(2)43-30(40)36-22-8-6-20(7-9-22)28-33-16-26(44-28)24-11-10-23(14-27(24)45(41,42)37-31(3,4)5)35-29(39)38-13-12-25-21(17-38)15-32-18-34-25/h10-11,14-16,18-20,22,37H,6-9,12-13,17H2,1-5H3,(H,35,39)(H,36,40). The highest BCUT2D eigenvalue weighted by Gasteiger charge is 2.30. The number of benzene rings is 1. The molecule has 1 saturated carbocycles. The number of nitrogens with zero attached hydrogens (tertiary/aromatic N) is 4. The Hall–Kier alpha value is -3.62. The number of thiazole rings is 1. The Kier molecular flexibility index (Phi) is 9.75. The lowest BCUT2D eigenvalue weighted by Gasteiger charge is -2.28. The molecule has 1 fully saturated rings. The maximum atomic E-state index is 13.7. The smallest absolute Gasteiger partial charge is 0.407 e. The van der Waals surface area contributed by atoms with Crippen molar-refractivity contribution in [2.24, 2.45) is 0 Å². The molecular weight excluding hydrogens is 615 g/mol. The number of aromatic nitrogens is 3. The van der Waals surface area contributed by atoms with Gasteiger partial charge in [-0.1, -0.05) is 6.07 Å². The van der Waals surface area contributed by atoms with Crippen molar-refractivity contribution >= 4 is 39.2 Å². The molecular formula is C31H41N7O5S2. The average molecular weight is 656 g/mol. The van der Waals surface area contributed by atoms with Crippen LogP contribution in [0.4, 0.5) is 15.3 Å². The molecule has 5 rings (SSSR count). The highest BCUT2D eigenvalue weighted by atomic mass is 32.2. The van der Waals surface area contributed by atoms with Gasteiger partial charge in [-0.25, -0.2) is 37.7 Å². The van der Waals surface area contributed by atoms with Gasteiger partial charge in [0.2, 0.25) is 10.0 Å². The maximum absolute atomic E-state index is 13.7. The molecule has 12 nitrogen and oxygen atoms in total. The summed E-state index contributed by atoms with van der Waals surface area (Å²) in [6, 6.07) is 4.69. The molecule has 0 spiro atoms. The molecule has 0 atom stereocenters. The van der Waals surface area contributed by atoms with E-state index in [2.05, 4.69) is 25.3 Å². The van der Waals surface area contributed by atoms with Gasteiger partial charge in [0.25, 0.3) is 0 Å². The van der Waals surface area contributed by atoms with E-state index < -0.39 is 21.7 Å². The van der Waals surface area contributed by atoms with Crippen molar-refractivity contribution in [3.63, 3.8) is 0 Å². The van der Waals surface area contributed by atoms with Crippen LogP contribution in [0.15, 0.2) is 41.8 Å². The monoisotopic (exact) mass is 655 g/mol. The van der Waals surface area contributed by atoms with Crippen LogP contribution in [0.1, 0.15) is 82.5 Å². The van der Waals surface area contributed by atoms with E-state index >= 15 is 0 Å². The number of alkyl carbamates (subject to hydrolysis) is 1. The van der Waals surface area contributed by atoms with Crippen molar-refractivity contribution < 1.29 is 22.7 Å². The van der Waals surface area contributed by atoms with Crippen molar-refractivity contribution in [3.05, 3.63) is 53.2 Å². The first-order valence-corrected chi connectivity index (χ1v) is 17.5. The van der Waals surface area contributed by atoms with E-state index in [0.29, 0.717) is 30.8 Å². The second-order valence-corrected chi connectivity index (χ2v) is 15.6. The van der Waals surface area contributed by atoms with Gasteiger partial charge in [0.15, 0.2) is 0 Å². The molecule has 1 aliphatic carbocycles. The Bertz CT molecular complexity index is 1640. The van der Waals surface area contributed by atoms with Crippen molar-refractivity contribution in [3.8, 4) is 10.4 Å². The summed E-state index contributed by atoms with van der Waals surface area (Å²) in [7, 11) is -3.97. The van der Waals surface area contributed by atoms with Gasteiger partial charge in [0.05, 0.1) is 33.1 Å². The Labute approximate surface area is 268 Å². The van der Waals surface area contributed by atoms with Crippen molar-refractivity contribution in [1.29, 1.82) is 0 Å². The van der Waals surface area contributed by atoms with Gasteiger partial charge in [-0.2, -0.15) is 0 Å². The van der Waals surface area contributed by atoms with Crippen molar-refractivity contribution in [2.45, 2.75) is 102 Å². The Morgan fingerprint density at radius 2 is 1.84 bits per heavy atom. The molecule has 0 saturated heterocycles. The average Bonchev–Trinajstić information content (AvgIpc) is 3.46. The normalized spacial score (nSPS) is 18.8. The lowest BCUT2D eigenvalue weighted by Crippen LogP contribution is -2.41. The summed E-state index contributed by atoms with van der Waals surface area (Å²) < 4.78 is 35.4. The van der Waals surface area contributed by atoms with Crippen LogP contribution in [0, 0.1) is 0 Å². The number of sulfonamides is 1. The van der Waals surface area contributed by atoms with Crippen LogP contribution in [-0.4, -0.2) is 64.6 Å². The van der Waals surface area contributed by atoms with Gasteiger partial charge in [0.1, 0.15) is 6.33 Å². The molecule has 3 amide bonds. The number of anilines is 1. The van der Waals surface area contributed by atoms with Crippen molar-refractivity contribution in [2.75, 3.05) is 11.9 Å². The number of rotatable bonds is 7. The molecule has 3 heterocycles. The summed E-state index contributed by atoms with van der Waals surface area (Å²) in [6.07, 6.45) is 8.34. The highest BCUT2D eigenvalue weighted by molar-refractivity contribution is 7.89. The molecule has 3 aromatic rings. The molecule has 0 radical (unpaired) electrons. The van der Waals surface area contributed by atoms with Gasteiger partial charge in [0, 0.05) is 59.7 Å². The fourth-order valence-electron chi connectivity index (χ4n) is 5.63. The zero-order valence-corrected chi connectivity index (χ0v) is 27.9. The van der Waals surface area contributed by atoms with E-state index in [1.807, 2.05) is 13.8 Å². The van der Waals surface area contributed by atoms with Crippen LogP contribution in [0.2, 0.25) is 0 Å². The second-order valence-electron chi connectivity index (χ2n) is 12.9. The van der Waals surface area contributed by atoms with E-state index in [4.69, 9.17) is 9.72 Å². The third kappa shape index (κ3) is 8.35. The first kappa shape index (κ1) is 32.8. The number of fused-ring (bicyclic) bond motifs is 1. The zero-order chi connectivity index (χ0) is 32.4. The molecule has 0 unspecified atom stereocenters. The van der Waals surface area contributed by atoms with E-state index in [0.717, 1.165) is 46.8 Å². The summed E-state index contributed by atoms with van der Waals surface area (Å²) in [5.74, 6) is 0.217. The minimum absolute atomic E-state index is 0.0583. The van der Waals surface area contributed by atoms with E-state index in [-0.39, 0.29) is 29.0 Å². The number of urea groups is 1. The molecule has 1 aliphatic heterocycles. The quantitative estimate of drug-likeness (QED) is 0.304. The van der Waals surface area contributed by atoms with Crippen LogP contribution >= 0.6 is 11.3 Å². The minimum Gasteiger partial charge on any atom is -0.447 e. The molecule has 45 heavy (non-hydrogen) atoms. The number of nitrogens with one attached hydrogen (secondary N) is 3. The predicted octanol–water partition coefficient (Wildman–Crippen LogP) is 5.43. The summed E-state index contributed by atoms with van der Waals surface area (Å²) in [5.41, 5.74) is 2.00. The summed E-state index contributed by atoms with van der Waals surface area (Å²) in [5, 5.41) is 6.77. The van der Waals surface area contributed by atoms with Crippen molar-refractivity contribution in [1.82, 2.24) is 29.9 Å². The minimum atomic E-state index is -3.97. The number of amides is 3. The fourth-order valence-corrected chi connectivity index (χ4v) is 8.48. The first-order valence-electron chi connectivity index (χ1n) is 15.2. The molecule has 2 aromatic heterocycles. The Morgan fingerprint density at radius 3 is 2.56 bits per heavy atom. The van der Waals surface area contributed by atoms with Gasteiger partial charge in [-0.15, -0.1) is 11.3 Å². The molecule has 0 bridgehead atoms. The SMILES string of the molecule is CC(C)OC(=O)NC1CCC(c2ncc(-c3ccc(NC(=O)N4CCc5ncncc5C4)cc3S(=O)(=O)NC(C)(C)C)s2)CC1. The number of hydrogen-bond acceptors (Lipinski definition) is 9. The third-order valence-corrected chi connectivity index (χ3v) is 10.6. The lowest BCUT2D eigenvalue weighted by atomic mass is 9.86. The zero-order valence-electron chi connectivity index (χ0n) is 26.3. The molecule has 2 aliphatic rings. The number of carbonyl (C=O) groups excluding carboxylic acids is 2. The Balaban J connectivity index is 1.34. The van der Waals surface area contributed by atoms with E-state index in [1.54, 1.807) is 50.2 Å². The van der Waals surface area contributed by atoms with Crippen LogP contribution in [0.5, 0.6) is 0 Å². The Morgan fingerprint density at radius 1 is 1.09 bits per heavy atom. The topological polar surface area (TPSA) is 156 Å². The lowest BCUT2D eigenvalue weighted by molar-refractivity contribution is 0.109. The predicted molar refractivity (Wildman–Crippen MR) is 173 cm³/mol. The van der Waals surface area contributed by atoms with Crippen LogP contribution in [0.3, 0.4) is 0 Å². The van der Waals surface area contributed by atoms with E-state index in [9.17, 15) is 18.0 Å². The number of hydrogen-bond donors (Lipinski definition) is 3. The van der Waals surface area contributed by atoms with Gasteiger partial charge in [-0.05, 0) is 72.4 Å². The van der Waals surface area contributed by atoms with E-state index in [1.165, 1.54) is 23.7 Å². The molecule has 3 N–H and O–H groups in total. The number of carbonyl (C=O) groups is 2. The molecule has 242 valence electrons. The van der Waals surface area contributed by atoms with Crippen LogP contribution in [0.25, 0.3) is 10.4 Å². The van der Waals surface area contributed by atoms with Gasteiger partial charge < -0.3 is 20.3 Å².